The number of anilines is 1. The van der Waals surface area contributed by atoms with Gasteiger partial charge in [0.25, 0.3) is 0 Å². The highest BCUT2D eigenvalue weighted by Gasteiger charge is 2.14. The molecule has 0 saturated heterocycles. The van der Waals surface area contributed by atoms with Crippen molar-refractivity contribution in [3.05, 3.63) is 34.6 Å². The van der Waals surface area contributed by atoms with Gasteiger partial charge in [-0.15, -0.1) is 10.2 Å². The Morgan fingerprint density at radius 1 is 1.39 bits per heavy atom. The summed E-state index contributed by atoms with van der Waals surface area (Å²) in [5.41, 5.74) is 6.65. The number of thioether (sulfide) groups is 1. The lowest BCUT2D eigenvalue weighted by molar-refractivity contribution is -0.116. The number of nitrogens with one attached hydrogen (secondary N) is 1. The minimum absolute atomic E-state index is 0.0616. The lowest BCUT2D eigenvalue weighted by atomic mass is 10.2. The Bertz CT molecular complexity index is 747. The predicted molar refractivity (Wildman–Crippen MR) is 89.4 cm³/mol. The molecule has 0 fully saturated rings. The summed E-state index contributed by atoms with van der Waals surface area (Å²) >= 11 is 7.20. The summed E-state index contributed by atoms with van der Waals surface area (Å²) in [6.45, 7) is 1.89. The Morgan fingerprint density at radius 3 is 2.78 bits per heavy atom. The molecule has 1 aromatic heterocycles. The zero-order valence-corrected chi connectivity index (χ0v) is 14.2. The number of carbonyl (C=O) groups excluding carboxylic acids is 2. The van der Waals surface area contributed by atoms with Gasteiger partial charge >= 0.3 is 0 Å². The Balaban J connectivity index is 2.00. The van der Waals surface area contributed by atoms with E-state index >= 15 is 0 Å². The molecule has 0 bridgehead atoms. The van der Waals surface area contributed by atoms with Gasteiger partial charge in [0.2, 0.25) is 11.8 Å². The van der Waals surface area contributed by atoms with E-state index in [0.717, 1.165) is 5.56 Å². The smallest absolute Gasteiger partial charge is 0.232 e. The number of hydrogen-bond acceptors (Lipinski definition) is 5. The lowest BCUT2D eigenvalue weighted by Gasteiger charge is -2.07. The van der Waals surface area contributed by atoms with Crippen LogP contribution < -0.4 is 11.1 Å². The molecule has 0 aliphatic rings. The molecule has 1 aromatic carbocycles. The van der Waals surface area contributed by atoms with Crippen LogP contribution in [0.25, 0.3) is 0 Å². The Labute approximate surface area is 142 Å². The minimum atomic E-state index is -0.437. The van der Waals surface area contributed by atoms with E-state index < -0.39 is 5.91 Å². The molecule has 0 radical (unpaired) electrons. The van der Waals surface area contributed by atoms with Gasteiger partial charge < -0.3 is 15.6 Å². The van der Waals surface area contributed by atoms with Crippen LogP contribution in [0.5, 0.6) is 0 Å². The molecule has 2 rings (SSSR count). The first-order valence-electron chi connectivity index (χ1n) is 6.72. The van der Waals surface area contributed by atoms with E-state index in [9.17, 15) is 9.59 Å². The lowest BCUT2D eigenvalue weighted by Crippen LogP contribution is -2.17. The zero-order valence-electron chi connectivity index (χ0n) is 12.7. The van der Waals surface area contributed by atoms with E-state index in [0.29, 0.717) is 21.7 Å². The van der Waals surface area contributed by atoms with Crippen molar-refractivity contribution >= 4 is 40.9 Å². The zero-order chi connectivity index (χ0) is 17.0. The van der Waals surface area contributed by atoms with Gasteiger partial charge in [-0.2, -0.15) is 0 Å². The summed E-state index contributed by atoms with van der Waals surface area (Å²) in [6, 6.07) is 5.31. The molecule has 2 amide bonds. The highest BCUT2D eigenvalue weighted by Crippen LogP contribution is 2.20. The van der Waals surface area contributed by atoms with Crippen molar-refractivity contribution in [1.82, 2.24) is 14.8 Å². The van der Waals surface area contributed by atoms with Gasteiger partial charge in [-0.05, 0) is 24.6 Å². The second kappa shape index (κ2) is 7.47. The van der Waals surface area contributed by atoms with E-state index in [-0.39, 0.29) is 18.1 Å². The fraction of sp³-hybridized carbons (Fsp3) is 0.286. The van der Waals surface area contributed by atoms with E-state index in [1.165, 1.54) is 11.8 Å². The first-order chi connectivity index (χ1) is 10.9. The van der Waals surface area contributed by atoms with Gasteiger partial charge in [0.05, 0.1) is 12.2 Å². The van der Waals surface area contributed by atoms with E-state index in [4.69, 9.17) is 17.3 Å². The molecule has 7 nitrogen and oxygen atoms in total. The number of aromatic nitrogens is 3. The number of benzene rings is 1. The van der Waals surface area contributed by atoms with Crippen molar-refractivity contribution in [2.75, 3.05) is 11.1 Å². The van der Waals surface area contributed by atoms with Crippen molar-refractivity contribution in [3.63, 3.8) is 0 Å². The predicted octanol–water partition coefficient (Wildman–Crippen LogP) is 1.54. The molecular weight excluding hydrogens is 338 g/mol. The number of hydrogen-bond donors (Lipinski definition) is 2. The second-order valence-electron chi connectivity index (χ2n) is 4.90. The largest absolute Gasteiger partial charge is 0.369 e. The fourth-order valence-electron chi connectivity index (χ4n) is 1.78. The quantitative estimate of drug-likeness (QED) is 0.767. The summed E-state index contributed by atoms with van der Waals surface area (Å²) in [5.74, 6) is -0.0619. The van der Waals surface area contributed by atoms with Crippen LogP contribution in [0, 0.1) is 6.92 Å². The number of primary amides is 1. The highest BCUT2D eigenvalue weighted by molar-refractivity contribution is 7.99. The minimum Gasteiger partial charge on any atom is -0.369 e. The third kappa shape index (κ3) is 4.70. The first kappa shape index (κ1) is 17.3. The number of halogens is 1. The van der Waals surface area contributed by atoms with Gasteiger partial charge in [0, 0.05) is 17.8 Å². The average molecular weight is 354 g/mol. The van der Waals surface area contributed by atoms with Crippen LogP contribution in [0.3, 0.4) is 0 Å². The summed E-state index contributed by atoms with van der Waals surface area (Å²) in [6.07, 6.45) is 0.0616. The van der Waals surface area contributed by atoms with Crippen molar-refractivity contribution in [1.29, 1.82) is 0 Å². The normalized spacial score (nSPS) is 10.6. The molecule has 0 aliphatic carbocycles. The van der Waals surface area contributed by atoms with Crippen LogP contribution in [0.2, 0.25) is 5.02 Å². The number of amides is 2. The molecule has 0 spiro atoms. The molecule has 0 atom stereocenters. The molecule has 1 heterocycles. The molecule has 3 N–H and O–H groups in total. The topological polar surface area (TPSA) is 103 Å². The summed E-state index contributed by atoms with van der Waals surface area (Å²) in [4.78, 5) is 22.9. The number of nitrogens with two attached hydrogens (primary N) is 1. The molecule has 2 aromatic rings. The fourth-order valence-corrected chi connectivity index (χ4v) is 2.63. The Kier molecular flexibility index (Phi) is 5.62. The SMILES string of the molecule is Cc1ccc(NC(=O)Cc2nnc(SCC(N)=O)n2C)cc1Cl. The number of carbonyl (C=O) groups is 2. The number of aryl methyl sites for hydroxylation is 1. The third-order valence-electron chi connectivity index (χ3n) is 3.04. The average Bonchev–Trinajstić information content (AvgIpc) is 2.81. The van der Waals surface area contributed by atoms with E-state index in [1.54, 1.807) is 23.7 Å². The van der Waals surface area contributed by atoms with Gasteiger partial charge in [0.1, 0.15) is 5.82 Å². The molecular formula is C14H16ClN5O2S. The summed E-state index contributed by atoms with van der Waals surface area (Å²) in [7, 11) is 1.73. The monoisotopic (exact) mass is 353 g/mol. The van der Waals surface area contributed by atoms with Gasteiger partial charge in [-0.3, -0.25) is 9.59 Å². The highest BCUT2D eigenvalue weighted by atomic mass is 35.5. The van der Waals surface area contributed by atoms with Crippen molar-refractivity contribution < 1.29 is 9.59 Å². The summed E-state index contributed by atoms with van der Waals surface area (Å²) in [5, 5.41) is 11.8. The number of nitrogens with zero attached hydrogens (tertiary/aromatic N) is 3. The van der Waals surface area contributed by atoms with Gasteiger partial charge in [0.15, 0.2) is 5.16 Å². The standard InChI is InChI=1S/C14H16ClN5O2S/c1-8-3-4-9(5-10(8)15)17-13(22)6-12-18-19-14(20(12)2)23-7-11(16)21/h3-5H,6-7H2,1-2H3,(H2,16,21)(H,17,22). The van der Waals surface area contributed by atoms with Crippen LogP contribution in [-0.4, -0.2) is 32.3 Å². The number of rotatable bonds is 6. The van der Waals surface area contributed by atoms with Gasteiger partial charge in [-0.25, -0.2) is 0 Å². The van der Waals surface area contributed by atoms with Crippen LogP contribution in [0.4, 0.5) is 5.69 Å². The summed E-state index contributed by atoms with van der Waals surface area (Å²) < 4.78 is 1.66. The van der Waals surface area contributed by atoms with Crippen LogP contribution in [0.1, 0.15) is 11.4 Å². The third-order valence-corrected chi connectivity index (χ3v) is 4.49. The maximum atomic E-state index is 12.1. The van der Waals surface area contributed by atoms with E-state index in [2.05, 4.69) is 15.5 Å². The first-order valence-corrected chi connectivity index (χ1v) is 8.08. The molecule has 9 heteroatoms. The maximum absolute atomic E-state index is 12.1. The van der Waals surface area contributed by atoms with Crippen LogP contribution in [-0.2, 0) is 23.1 Å². The van der Waals surface area contributed by atoms with Gasteiger partial charge in [-0.1, -0.05) is 29.4 Å². The van der Waals surface area contributed by atoms with E-state index in [1.807, 2.05) is 13.0 Å². The van der Waals surface area contributed by atoms with Crippen LogP contribution in [0.15, 0.2) is 23.4 Å². The second-order valence-corrected chi connectivity index (χ2v) is 6.25. The Hall–Kier alpha value is -2.06. The molecule has 23 heavy (non-hydrogen) atoms. The van der Waals surface area contributed by atoms with Crippen molar-refractivity contribution in [2.45, 2.75) is 18.5 Å². The molecule has 122 valence electrons. The van der Waals surface area contributed by atoms with Crippen molar-refractivity contribution in [2.24, 2.45) is 12.8 Å². The Morgan fingerprint density at radius 2 is 2.13 bits per heavy atom. The van der Waals surface area contributed by atoms with Crippen molar-refractivity contribution in [3.8, 4) is 0 Å². The van der Waals surface area contributed by atoms with Crippen LogP contribution >= 0.6 is 23.4 Å². The molecule has 0 unspecified atom stereocenters. The maximum Gasteiger partial charge on any atom is 0.232 e. The molecule has 0 saturated carbocycles. The molecule has 0 aliphatic heterocycles.